The molecule has 0 saturated carbocycles. The maximum atomic E-state index is 9.85. The zero-order valence-electron chi connectivity index (χ0n) is 34.1. The van der Waals surface area contributed by atoms with Crippen LogP contribution in [0.2, 0.25) is 0 Å². The van der Waals surface area contributed by atoms with Crippen molar-refractivity contribution in [2.75, 3.05) is 0 Å². The molecule has 3 heteroatoms. The molecule has 0 atom stereocenters. The van der Waals surface area contributed by atoms with E-state index in [1.807, 2.05) is 84.9 Å². The van der Waals surface area contributed by atoms with E-state index < -0.39 is 12.1 Å². The maximum absolute atomic E-state index is 9.85. The van der Waals surface area contributed by atoms with E-state index in [4.69, 9.17) is 7.16 Å². The highest BCUT2D eigenvalue weighted by Gasteiger charge is 2.19. The minimum absolute atomic E-state index is 0.0901. The molecule has 0 aliphatic carbocycles. The number of nitrogens with zero attached hydrogens (tertiary/aromatic N) is 2. The summed E-state index contributed by atoms with van der Waals surface area (Å²) < 4.78 is 74.8. The zero-order valence-corrected chi connectivity index (χ0v) is 27.1. The number of para-hydroxylation sites is 3. The summed E-state index contributed by atoms with van der Waals surface area (Å²) in [6.45, 7) is 0. The van der Waals surface area contributed by atoms with E-state index in [0.29, 0.717) is 27.8 Å². The topological polar surface area (TPSA) is 23.0 Å². The smallest absolute Gasteiger partial charge is 0.137 e. The van der Waals surface area contributed by atoms with Gasteiger partial charge in [-0.2, -0.15) is 0 Å². The summed E-state index contributed by atoms with van der Waals surface area (Å²) in [4.78, 5) is 0. The number of hydrogen-bond donors (Lipinski definition) is 0. The summed E-state index contributed by atoms with van der Waals surface area (Å²) in [6.07, 6.45) is 0. The molecule has 0 fully saturated rings. The normalized spacial score (nSPS) is 13.8. The molecule has 11 aromatic rings. The van der Waals surface area contributed by atoms with Crippen LogP contribution in [0.5, 0.6) is 0 Å². The Morgan fingerprint density at radius 2 is 1.14 bits per heavy atom. The summed E-state index contributed by atoms with van der Waals surface area (Å²) in [5.74, 6) is 0. The maximum Gasteiger partial charge on any atom is 0.137 e. The molecule has 8 aromatic carbocycles. The lowest BCUT2D eigenvalue weighted by Gasteiger charge is -2.11. The molecule has 0 unspecified atom stereocenters. The van der Waals surface area contributed by atoms with Crippen molar-refractivity contribution in [1.29, 1.82) is 0 Å². The van der Waals surface area contributed by atoms with Crippen molar-refractivity contribution in [3.05, 3.63) is 182 Å². The molecule has 0 aliphatic heterocycles. The van der Waals surface area contributed by atoms with Crippen LogP contribution in [-0.4, -0.2) is 9.13 Å². The largest absolute Gasteiger partial charge is 0.456 e. The molecule has 3 heterocycles. The Hall–Kier alpha value is -6.84. The van der Waals surface area contributed by atoms with Crippen LogP contribution in [0.1, 0.15) is 9.60 Å². The summed E-state index contributed by atoms with van der Waals surface area (Å²) in [7, 11) is 0. The van der Waals surface area contributed by atoms with Crippen LogP contribution in [-0.2, 0) is 0 Å². The Bertz CT molecular complexity index is 3550. The average Bonchev–Trinajstić information content (AvgIpc) is 3.93. The van der Waals surface area contributed by atoms with E-state index in [2.05, 4.69) is 53.1 Å². The van der Waals surface area contributed by atoms with Gasteiger partial charge in [-0.1, -0.05) is 115 Å². The first-order valence-electron chi connectivity index (χ1n) is 20.4. The summed E-state index contributed by atoms with van der Waals surface area (Å²) >= 11 is 0. The van der Waals surface area contributed by atoms with E-state index in [9.17, 15) is 6.85 Å². The molecule has 0 amide bonds. The highest BCUT2D eigenvalue weighted by Crippen LogP contribution is 2.41. The minimum atomic E-state index is -0.434. The number of furan rings is 1. The third-order valence-corrected chi connectivity index (χ3v) is 9.95. The number of hydrogen-bond acceptors (Lipinski definition) is 1. The van der Waals surface area contributed by atoms with Crippen molar-refractivity contribution in [3.8, 4) is 33.6 Å². The van der Waals surface area contributed by atoms with Gasteiger partial charge >= 0.3 is 0 Å². The van der Waals surface area contributed by atoms with Crippen molar-refractivity contribution in [2.45, 2.75) is 0 Å². The Labute approximate surface area is 303 Å². The van der Waals surface area contributed by atoms with Crippen molar-refractivity contribution in [1.82, 2.24) is 9.13 Å². The van der Waals surface area contributed by atoms with Gasteiger partial charge in [0.2, 0.25) is 0 Å². The minimum Gasteiger partial charge on any atom is -0.456 e. The van der Waals surface area contributed by atoms with E-state index in [0.717, 1.165) is 44.0 Å². The predicted octanol–water partition coefficient (Wildman–Crippen LogP) is 13.1. The fraction of sp³-hybridized carbons (Fsp3) is 0. The van der Waals surface area contributed by atoms with E-state index in [1.54, 1.807) is 10.6 Å². The number of rotatable bonds is 4. The highest BCUT2D eigenvalue weighted by molar-refractivity contribution is 6.15. The first-order chi connectivity index (χ1) is 28.2. The summed E-state index contributed by atoms with van der Waals surface area (Å²) in [6, 6.07) is 43.7. The molecular formula is C48H30N2O. The van der Waals surface area contributed by atoms with E-state index in [-0.39, 0.29) is 57.6 Å². The number of benzene rings is 8. The van der Waals surface area contributed by atoms with Gasteiger partial charge in [0.05, 0.1) is 42.7 Å². The van der Waals surface area contributed by atoms with Gasteiger partial charge in [0, 0.05) is 32.6 Å². The van der Waals surface area contributed by atoms with Gasteiger partial charge in [0.1, 0.15) is 11.2 Å². The Morgan fingerprint density at radius 1 is 0.412 bits per heavy atom. The fourth-order valence-electron chi connectivity index (χ4n) is 7.70. The summed E-state index contributed by atoms with van der Waals surface area (Å²) in [5.41, 5.74) is 7.91. The van der Waals surface area contributed by atoms with Crippen LogP contribution >= 0.6 is 0 Å². The quantitative estimate of drug-likeness (QED) is 0.185. The molecule has 3 nitrogen and oxygen atoms in total. The monoisotopic (exact) mass is 657 g/mol. The van der Waals surface area contributed by atoms with Gasteiger partial charge in [-0.15, -0.1) is 0 Å². The van der Waals surface area contributed by atoms with Crippen molar-refractivity contribution >= 4 is 65.6 Å². The van der Waals surface area contributed by atoms with Gasteiger partial charge in [-0.05, 0) is 88.9 Å². The van der Waals surface area contributed by atoms with E-state index in [1.165, 1.54) is 0 Å². The third kappa shape index (κ3) is 4.19. The van der Waals surface area contributed by atoms with Crippen LogP contribution in [0, 0.1) is 0 Å². The lowest BCUT2D eigenvalue weighted by molar-refractivity contribution is 0.669. The van der Waals surface area contributed by atoms with Gasteiger partial charge < -0.3 is 13.6 Å². The van der Waals surface area contributed by atoms with Gasteiger partial charge in [0.25, 0.3) is 0 Å². The number of fused-ring (bicyclic) bond motifs is 9. The first-order valence-corrected chi connectivity index (χ1v) is 16.9. The average molecular weight is 658 g/mol. The van der Waals surface area contributed by atoms with Crippen LogP contribution < -0.4 is 0 Å². The van der Waals surface area contributed by atoms with Crippen molar-refractivity contribution in [3.63, 3.8) is 0 Å². The molecule has 0 spiro atoms. The SMILES string of the molecule is [2H]c1c([2H])c([2H])c2c(c1[2H])c1c([2H])c(-c3ccc4c(c3)c3ccccc3n4-c3cccc(-c4ccccc4)c3)c([2H])c([2H])c1n2-c1cccc2oc3ccccc3c12. The molecular weight excluding hydrogens is 621 g/mol. The van der Waals surface area contributed by atoms with Gasteiger partial charge in [0.15, 0.2) is 0 Å². The molecule has 0 aliphatic rings. The standard InChI is InChI=1S/C48H30N2O/c1-2-12-31(13-3-1)32-14-10-15-35(28-32)49-41-19-7-4-16-36(41)39-29-33(24-26-43(39)49)34-25-27-44-40(30-34)37-17-5-8-20-42(37)50(44)45-21-11-23-47-48(45)38-18-6-9-22-46(38)51-47/h1-30H/i5D,8D,17D,20D,25D,27D,30D. The van der Waals surface area contributed by atoms with Gasteiger partial charge in [-0.25, -0.2) is 0 Å². The summed E-state index contributed by atoms with van der Waals surface area (Å²) in [5, 5.41) is 3.70. The zero-order chi connectivity index (χ0) is 39.6. The van der Waals surface area contributed by atoms with Crippen LogP contribution in [0.15, 0.2) is 186 Å². The molecule has 0 N–H and O–H groups in total. The second-order valence-corrected chi connectivity index (χ2v) is 12.8. The van der Waals surface area contributed by atoms with Crippen molar-refractivity contribution < 1.29 is 14.0 Å². The third-order valence-electron chi connectivity index (χ3n) is 9.95. The van der Waals surface area contributed by atoms with Crippen LogP contribution in [0.3, 0.4) is 0 Å². The van der Waals surface area contributed by atoms with Crippen LogP contribution in [0.4, 0.5) is 0 Å². The number of aromatic nitrogens is 2. The second-order valence-electron chi connectivity index (χ2n) is 12.8. The highest BCUT2D eigenvalue weighted by atomic mass is 16.3. The van der Waals surface area contributed by atoms with Gasteiger partial charge in [-0.3, -0.25) is 0 Å². The Kier molecular flexibility index (Phi) is 4.67. The predicted molar refractivity (Wildman–Crippen MR) is 213 cm³/mol. The fourth-order valence-corrected chi connectivity index (χ4v) is 7.70. The molecule has 0 radical (unpaired) electrons. The second kappa shape index (κ2) is 10.8. The first kappa shape index (κ1) is 22.0. The molecule has 3 aromatic heterocycles. The molecule has 51 heavy (non-hydrogen) atoms. The lowest BCUT2D eigenvalue weighted by atomic mass is 10.0. The molecule has 0 bridgehead atoms. The molecule has 11 rings (SSSR count). The Morgan fingerprint density at radius 3 is 2.08 bits per heavy atom. The van der Waals surface area contributed by atoms with Crippen molar-refractivity contribution in [2.24, 2.45) is 0 Å². The molecule has 0 saturated heterocycles. The Balaban J connectivity index is 1.21. The van der Waals surface area contributed by atoms with Crippen LogP contribution in [0.25, 0.3) is 99.2 Å². The lowest BCUT2D eigenvalue weighted by Crippen LogP contribution is -1.94. The van der Waals surface area contributed by atoms with E-state index >= 15 is 0 Å². The molecule has 238 valence electrons.